The summed E-state index contributed by atoms with van der Waals surface area (Å²) in [5.41, 5.74) is 5.20. The van der Waals surface area contributed by atoms with Crippen LogP contribution >= 0.6 is 0 Å². The molecule has 3 heterocycles. The fourth-order valence-electron chi connectivity index (χ4n) is 5.97. The molecule has 50 heavy (non-hydrogen) atoms. The Labute approximate surface area is 287 Å². The SMILES string of the molecule is COC(=O)C1=C(C(=O)OC)C2(OC1=Nc1ccccc1C)OC(c1ccc(C)cc1)=C(c1nc3ccccc3nc1-c1ccc(C)cc1)C2=O. The lowest BCUT2D eigenvalue weighted by Gasteiger charge is -2.24. The Morgan fingerprint density at radius 1 is 0.680 bits per heavy atom. The fourth-order valence-corrected chi connectivity index (χ4v) is 5.97. The maximum atomic E-state index is 15.3. The molecule has 4 aromatic carbocycles. The molecule has 0 fully saturated rings. The highest BCUT2D eigenvalue weighted by atomic mass is 16.7. The van der Waals surface area contributed by atoms with Crippen molar-refractivity contribution in [2.75, 3.05) is 14.2 Å². The molecule has 0 saturated carbocycles. The second kappa shape index (κ2) is 12.6. The van der Waals surface area contributed by atoms with Crippen LogP contribution in [0.2, 0.25) is 0 Å². The van der Waals surface area contributed by atoms with Crippen LogP contribution in [-0.2, 0) is 33.3 Å². The third-order valence-electron chi connectivity index (χ3n) is 8.59. The highest BCUT2D eigenvalue weighted by Crippen LogP contribution is 2.51. The molecule has 7 rings (SSSR count). The zero-order valence-corrected chi connectivity index (χ0v) is 27.9. The van der Waals surface area contributed by atoms with Crippen molar-refractivity contribution < 1.29 is 33.3 Å². The number of fused-ring (bicyclic) bond motifs is 1. The van der Waals surface area contributed by atoms with E-state index in [0.717, 1.165) is 30.9 Å². The molecule has 0 saturated heterocycles. The zero-order chi connectivity index (χ0) is 35.2. The smallest absolute Gasteiger partial charge is 0.354 e. The van der Waals surface area contributed by atoms with Crippen molar-refractivity contribution in [3.63, 3.8) is 0 Å². The third-order valence-corrected chi connectivity index (χ3v) is 8.59. The van der Waals surface area contributed by atoms with Gasteiger partial charge in [-0.25, -0.2) is 24.5 Å². The van der Waals surface area contributed by atoms with E-state index >= 15 is 4.79 Å². The van der Waals surface area contributed by atoms with Gasteiger partial charge >= 0.3 is 17.7 Å². The highest BCUT2D eigenvalue weighted by Gasteiger charge is 2.65. The van der Waals surface area contributed by atoms with Crippen molar-refractivity contribution in [2.24, 2.45) is 4.99 Å². The van der Waals surface area contributed by atoms with Crippen molar-refractivity contribution in [2.45, 2.75) is 26.6 Å². The van der Waals surface area contributed by atoms with E-state index in [-0.39, 0.29) is 22.9 Å². The van der Waals surface area contributed by atoms with Crippen molar-refractivity contribution in [3.05, 3.63) is 136 Å². The zero-order valence-electron chi connectivity index (χ0n) is 27.9. The number of esters is 2. The molecule has 1 aromatic heterocycles. The average molecular weight is 666 g/mol. The molecular formula is C40H31N3O7. The third kappa shape index (κ3) is 5.31. The minimum Gasteiger partial charge on any atom is -0.465 e. The quantitative estimate of drug-likeness (QED) is 0.180. The number of benzene rings is 4. The van der Waals surface area contributed by atoms with Crippen molar-refractivity contribution in [1.29, 1.82) is 0 Å². The van der Waals surface area contributed by atoms with Gasteiger partial charge in [-0.2, -0.15) is 0 Å². The molecule has 0 N–H and O–H groups in total. The molecule has 5 aromatic rings. The molecule has 2 aliphatic heterocycles. The minimum atomic E-state index is -2.52. The predicted octanol–water partition coefficient (Wildman–Crippen LogP) is 6.79. The Morgan fingerprint density at radius 3 is 1.84 bits per heavy atom. The number of nitrogens with zero attached hydrogens (tertiary/aromatic N) is 3. The largest absolute Gasteiger partial charge is 0.465 e. The summed E-state index contributed by atoms with van der Waals surface area (Å²) in [6.07, 6.45) is 0. The lowest BCUT2D eigenvalue weighted by Crippen LogP contribution is -2.43. The van der Waals surface area contributed by atoms with Crippen LogP contribution in [-0.4, -0.2) is 53.6 Å². The van der Waals surface area contributed by atoms with E-state index in [2.05, 4.69) is 4.99 Å². The number of carbonyl (C=O) groups is 3. The summed E-state index contributed by atoms with van der Waals surface area (Å²) < 4.78 is 23.2. The van der Waals surface area contributed by atoms with E-state index in [1.165, 1.54) is 0 Å². The van der Waals surface area contributed by atoms with Gasteiger partial charge in [-0.3, -0.25) is 4.79 Å². The summed E-state index contributed by atoms with van der Waals surface area (Å²) in [7, 11) is 2.28. The van der Waals surface area contributed by atoms with Gasteiger partial charge in [0.2, 0.25) is 5.90 Å². The number of aromatic nitrogens is 2. The van der Waals surface area contributed by atoms with Gasteiger partial charge in [0.1, 0.15) is 22.6 Å². The Kier molecular flexibility index (Phi) is 8.07. The highest BCUT2D eigenvalue weighted by molar-refractivity contribution is 6.38. The first-order chi connectivity index (χ1) is 24.1. The molecule has 0 amide bonds. The van der Waals surface area contributed by atoms with Gasteiger partial charge in [0.15, 0.2) is 0 Å². The number of rotatable bonds is 6. The van der Waals surface area contributed by atoms with E-state index < -0.39 is 34.7 Å². The molecule has 10 heteroatoms. The molecular weight excluding hydrogens is 634 g/mol. The molecule has 2 aliphatic rings. The van der Waals surface area contributed by atoms with Crippen molar-refractivity contribution in [1.82, 2.24) is 9.97 Å². The number of aryl methyl sites for hydroxylation is 3. The Hall–Kier alpha value is -6.42. The van der Waals surface area contributed by atoms with Gasteiger partial charge in [-0.05, 0) is 44.5 Å². The number of carbonyl (C=O) groups excluding carboxylic acids is 3. The number of para-hydroxylation sites is 3. The number of Topliss-reactive ketones (excluding diaryl/α,β-unsaturated/α-hetero) is 1. The Balaban J connectivity index is 1.53. The Bertz CT molecular complexity index is 2320. The number of ketones is 1. The topological polar surface area (TPSA) is 126 Å². The lowest BCUT2D eigenvalue weighted by molar-refractivity contribution is -0.158. The monoisotopic (exact) mass is 665 g/mol. The molecule has 1 spiro atoms. The first-order valence-electron chi connectivity index (χ1n) is 15.8. The molecule has 0 radical (unpaired) electrons. The van der Waals surface area contributed by atoms with Gasteiger partial charge in [0.05, 0.1) is 42.2 Å². The molecule has 0 aliphatic carbocycles. The summed E-state index contributed by atoms with van der Waals surface area (Å²) in [5, 5.41) is 0. The van der Waals surface area contributed by atoms with Crippen LogP contribution in [0, 0.1) is 20.8 Å². The number of methoxy groups -OCH3 is 2. The summed E-state index contributed by atoms with van der Waals surface area (Å²) in [6, 6.07) is 29.4. The molecule has 1 atom stereocenters. The van der Waals surface area contributed by atoms with E-state index in [4.69, 9.17) is 28.9 Å². The second-order valence-electron chi connectivity index (χ2n) is 11.9. The summed E-state index contributed by atoms with van der Waals surface area (Å²) in [6.45, 7) is 5.73. The van der Waals surface area contributed by atoms with E-state index in [9.17, 15) is 9.59 Å². The van der Waals surface area contributed by atoms with E-state index in [1.807, 2.05) is 87.5 Å². The average Bonchev–Trinajstić information content (AvgIpc) is 3.61. The van der Waals surface area contributed by atoms with Gasteiger partial charge in [0, 0.05) is 11.1 Å². The van der Waals surface area contributed by atoms with Crippen LogP contribution in [0.1, 0.15) is 27.9 Å². The summed E-state index contributed by atoms with van der Waals surface area (Å²) in [4.78, 5) is 57.1. The predicted molar refractivity (Wildman–Crippen MR) is 187 cm³/mol. The molecule has 248 valence electrons. The van der Waals surface area contributed by atoms with E-state index in [0.29, 0.717) is 33.5 Å². The van der Waals surface area contributed by atoms with Crippen LogP contribution in [0.15, 0.2) is 113 Å². The first-order valence-corrected chi connectivity index (χ1v) is 15.8. The second-order valence-corrected chi connectivity index (χ2v) is 11.9. The van der Waals surface area contributed by atoms with Crippen LogP contribution in [0.4, 0.5) is 5.69 Å². The first kappa shape index (κ1) is 32.1. The molecule has 1 unspecified atom stereocenters. The molecule has 10 nitrogen and oxygen atoms in total. The minimum absolute atomic E-state index is 0.00885. The van der Waals surface area contributed by atoms with Crippen molar-refractivity contribution in [3.8, 4) is 11.3 Å². The van der Waals surface area contributed by atoms with Crippen LogP contribution in [0.5, 0.6) is 0 Å². The summed E-state index contributed by atoms with van der Waals surface area (Å²) >= 11 is 0. The summed E-state index contributed by atoms with van der Waals surface area (Å²) in [5.74, 6) is -5.61. The number of hydrogen-bond acceptors (Lipinski definition) is 10. The van der Waals surface area contributed by atoms with Gasteiger partial charge in [-0.1, -0.05) is 90.0 Å². The maximum absolute atomic E-state index is 15.3. The normalized spacial score (nSPS) is 17.8. The number of ether oxygens (including phenoxy) is 4. The van der Waals surface area contributed by atoms with E-state index in [1.54, 1.807) is 30.3 Å². The fraction of sp³-hybridized carbons (Fsp3) is 0.150. The van der Waals surface area contributed by atoms with Gasteiger partial charge in [0.25, 0.3) is 5.78 Å². The van der Waals surface area contributed by atoms with Crippen molar-refractivity contribution >= 4 is 51.7 Å². The molecule has 0 bridgehead atoms. The standard InChI is InChI=1S/C40H31N3O7/c1-22-14-18-25(19-15-22)33-34(42-29-13-9-8-12-28(29)41-33)31-35(26-20-16-23(2)17-21-26)49-40(36(31)44)32(39(46)48-5)30(38(45)47-4)37(50-40)43-27-11-7-6-10-24(27)3/h6-21H,1-5H3. The maximum Gasteiger partial charge on any atom is 0.354 e. The lowest BCUT2D eigenvalue weighted by atomic mass is 9.91. The van der Waals surface area contributed by atoms with Gasteiger partial charge < -0.3 is 18.9 Å². The number of aliphatic imine (C=N–C) groups is 1. The van der Waals surface area contributed by atoms with Crippen LogP contribution < -0.4 is 0 Å². The Morgan fingerprint density at radius 2 is 1.24 bits per heavy atom. The van der Waals surface area contributed by atoms with Crippen LogP contribution in [0.3, 0.4) is 0 Å². The van der Waals surface area contributed by atoms with Gasteiger partial charge in [-0.15, -0.1) is 0 Å². The van der Waals surface area contributed by atoms with Crippen LogP contribution in [0.25, 0.3) is 33.6 Å². The number of hydrogen-bond donors (Lipinski definition) is 0.